The lowest BCUT2D eigenvalue weighted by Gasteiger charge is -2.28. The lowest BCUT2D eigenvalue weighted by atomic mass is 10.1. The Kier molecular flexibility index (Phi) is 5.34. The van der Waals surface area contributed by atoms with Crippen LogP contribution in [0.25, 0.3) is 0 Å². The van der Waals surface area contributed by atoms with Crippen LogP contribution in [-0.2, 0) is 20.8 Å². The van der Waals surface area contributed by atoms with E-state index in [-0.39, 0.29) is 30.2 Å². The number of anilines is 1. The number of benzene rings is 1. The van der Waals surface area contributed by atoms with Crippen LogP contribution in [0.5, 0.6) is 0 Å². The first-order valence-corrected chi connectivity index (χ1v) is 9.28. The topological polar surface area (TPSA) is 63.7 Å². The van der Waals surface area contributed by atoms with E-state index >= 15 is 0 Å². The second-order valence-electron chi connectivity index (χ2n) is 5.29. The third-order valence-electron chi connectivity index (χ3n) is 3.57. The van der Waals surface area contributed by atoms with Crippen LogP contribution in [0.3, 0.4) is 0 Å². The molecule has 0 saturated carbocycles. The summed E-state index contributed by atoms with van der Waals surface area (Å²) < 4.78 is 67.3. The molecular weight excluding hydrogens is 371 g/mol. The molecule has 0 bridgehead atoms. The van der Waals surface area contributed by atoms with Gasteiger partial charge in [0, 0.05) is 5.69 Å². The van der Waals surface area contributed by atoms with Crippen molar-refractivity contribution < 1.29 is 31.1 Å². The Bertz CT molecular complexity index is 736. The molecule has 1 aliphatic heterocycles. The number of carbonyl (C=O) groups excluding carboxylic acids is 1. The molecule has 0 aliphatic carbocycles. The van der Waals surface area contributed by atoms with Gasteiger partial charge in [-0.2, -0.15) is 13.2 Å². The zero-order valence-corrected chi connectivity index (χ0v) is 14.2. The minimum atomic E-state index is -4.70. The largest absolute Gasteiger partial charge is 0.449 e. The monoisotopic (exact) mass is 385 g/mol. The van der Waals surface area contributed by atoms with E-state index in [0.717, 1.165) is 17.0 Å². The van der Waals surface area contributed by atoms with Crippen molar-refractivity contribution in [2.45, 2.75) is 25.6 Å². The van der Waals surface area contributed by atoms with Crippen LogP contribution in [0, 0.1) is 0 Å². The van der Waals surface area contributed by atoms with E-state index in [1.54, 1.807) is 6.92 Å². The first-order chi connectivity index (χ1) is 11.0. The van der Waals surface area contributed by atoms with Gasteiger partial charge in [0.1, 0.15) is 0 Å². The Morgan fingerprint density at radius 1 is 1.42 bits per heavy atom. The van der Waals surface area contributed by atoms with Crippen LogP contribution in [0.2, 0.25) is 5.02 Å². The summed E-state index contributed by atoms with van der Waals surface area (Å²) >= 11 is 5.58. The Hall–Kier alpha value is -1.48. The molecule has 10 heteroatoms. The van der Waals surface area contributed by atoms with Crippen molar-refractivity contribution >= 4 is 33.2 Å². The molecular formula is C14H15ClF3NO4S. The summed E-state index contributed by atoms with van der Waals surface area (Å²) in [5.41, 5.74) is -1.20. The van der Waals surface area contributed by atoms with Gasteiger partial charge in [-0.3, -0.25) is 4.90 Å². The summed E-state index contributed by atoms with van der Waals surface area (Å²) in [6, 6.07) is 2.20. The molecule has 134 valence electrons. The maximum Gasteiger partial charge on any atom is 0.417 e. The van der Waals surface area contributed by atoms with E-state index in [4.69, 9.17) is 16.3 Å². The minimum absolute atomic E-state index is 0.00845. The third-order valence-corrected chi connectivity index (χ3v) is 5.65. The van der Waals surface area contributed by atoms with Gasteiger partial charge in [0.25, 0.3) is 0 Å². The summed E-state index contributed by atoms with van der Waals surface area (Å²) in [5, 5.41) is -0.505. The highest BCUT2D eigenvalue weighted by molar-refractivity contribution is 7.91. The average molecular weight is 386 g/mol. The number of hydrogen-bond donors (Lipinski definition) is 0. The van der Waals surface area contributed by atoms with E-state index in [1.165, 1.54) is 6.07 Å². The Labute approximate surface area is 142 Å². The molecule has 1 heterocycles. The van der Waals surface area contributed by atoms with Gasteiger partial charge >= 0.3 is 12.3 Å². The van der Waals surface area contributed by atoms with Gasteiger partial charge in [-0.25, -0.2) is 13.2 Å². The summed E-state index contributed by atoms with van der Waals surface area (Å²) in [7, 11) is -3.34. The lowest BCUT2D eigenvalue weighted by Crippen LogP contribution is -2.41. The third kappa shape index (κ3) is 4.13. The second-order valence-corrected chi connectivity index (χ2v) is 7.92. The summed E-state index contributed by atoms with van der Waals surface area (Å²) in [4.78, 5) is 13.1. The maximum atomic E-state index is 13.0. The molecule has 1 aromatic rings. The number of sulfone groups is 1. The Morgan fingerprint density at radius 2 is 2.08 bits per heavy atom. The highest BCUT2D eigenvalue weighted by Crippen LogP contribution is 2.38. The van der Waals surface area contributed by atoms with E-state index in [1.807, 2.05) is 0 Å². The van der Waals surface area contributed by atoms with E-state index in [0.29, 0.717) is 0 Å². The molecule has 1 unspecified atom stereocenters. The average Bonchev–Trinajstić information content (AvgIpc) is 2.80. The van der Waals surface area contributed by atoms with Crippen molar-refractivity contribution in [2.75, 3.05) is 23.0 Å². The van der Waals surface area contributed by atoms with Gasteiger partial charge in [0.2, 0.25) is 0 Å². The van der Waals surface area contributed by atoms with E-state index < -0.39 is 38.7 Å². The Morgan fingerprint density at radius 3 is 2.58 bits per heavy atom. The molecule has 1 aliphatic rings. The van der Waals surface area contributed by atoms with Gasteiger partial charge < -0.3 is 4.74 Å². The zero-order valence-electron chi connectivity index (χ0n) is 12.6. The molecule has 0 aromatic heterocycles. The normalized spacial score (nSPS) is 20.0. The summed E-state index contributed by atoms with van der Waals surface area (Å²) in [6.07, 6.45) is -5.46. The number of amides is 1. The molecule has 1 aromatic carbocycles. The van der Waals surface area contributed by atoms with Crippen molar-refractivity contribution in [2.24, 2.45) is 0 Å². The first-order valence-electron chi connectivity index (χ1n) is 7.08. The van der Waals surface area contributed by atoms with Crippen molar-refractivity contribution in [3.05, 3.63) is 28.8 Å². The predicted octanol–water partition coefficient (Wildman–Crippen LogP) is 3.51. The van der Waals surface area contributed by atoms with Crippen LogP contribution >= 0.6 is 11.6 Å². The minimum Gasteiger partial charge on any atom is -0.449 e. The van der Waals surface area contributed by atoms with Crippen molar-refractivity contribution in [3.63, 3.8) is 0 Å². The van der Waals surface area contributed by atoms with E-state index in [9.17, 15) is 26.4 Å². The SMILES string of the molecule is CCOC(=O)N(c1ccc(Cl)c(C(F)(F)F)c1)C1CCS(=O)(=O)C1. The fourth-order valence-electron chi connectivity index (χ4n) is 2.52. The molecule has 0 spiro atoms. The smallest absolute Gasteiger partial charge is 0.417 e. The van der Waals surface area contributed by atoms with Crippen LogP contribution in [0.4, 0.5) is 23.7 Å². The van der Waals surface area contributed by atoms with Crippen LogP contribution in [0.1, 0.15) is 18.9 Å². The molecule has 1 atom stereocenters. The molecule has 1 saturated heterocycles. The zero-order chi connectivity index (χ0) is 18.1. The fourth-order valence-corrected chi connectivity index (χ4v) is 4.44. The van der Waals surface area contributed by atoms with Gasteiger partial charge in [0.15, 0.2) is 9.84 Å². The second kappa shape index (κ2) is 6.79. The highest BCUT2D eigenvalue weighted by atomic mass is 35.5. The van der Waals surface area contributed by atoms with Gasteiger partial charge in [-0.15, -0.1) is 0 Å². The van der Waals surface area contributed by atoms with Crippen molar-refractivity contribution in [1.82, 2.24) is 0 Å². The highest BCUT2D eigenvalue weighted by Gasteiger charge is 2.38. The molecule has 0 radical (unpaired) electrons. The van der Waals surface area contributed by atoms with Crippen LogP contribution < -0.4 is 4.90 Å². The van der Waals surface area contributed by atoms with Gasteiger partial charge in [-0.1, -0.05) is 11.6 Å². The number of carbonyl (C=O) groups is 1. The number of halogens is 4. The molecule has 0 N–H and O–H groups in total. The number of hydrogen-bond acceptors (Lipinski definition) is 4. The van der Waals surface area contributed by atoms with Crippen LogP contribution in [-0.4, -0.2) is 38.7 Å². The fraction of sp³-hybridized carbons (Fsp3) is 0.500. The Balaban J connectivity index is 2.46. The number of ether oxygens (including phenoxy) is 1. The quantitative estimate of drug-likeness (QED) is 0.798. The summed E-state index contributed by atoms with van der Waals surface area (Å²) in [6.45, 7) is 1.55. The number of rotatable bonds is 3. The van der Waals surface area contributed by atoms with Gasteiger partial charge in [-0.05, 0) is 31.5 Å². The molecule has 24 heavy (non-hydrogen) atoms. The number of alkyl halides is 3. The van der Waals surface area contributed by atoms with Gasteiger partial charge in [0.05, 0.1) is 34.7 Å². The lowest BCUT2D eigenvalue weighted by molar-refractivity contribution is -0.137. The standard InChI is InChI=1S/C14H15ClF3NO4S/c1-2-23-13(20)19(10-5-6-24(21,22)8-10)9-3-4-12(15)11(7-9)14(16,17)18/h3-4,7,10H,2,5-6,8H2,1H3. The van der Waals surface area contributed by atoms with Crippen molar-refractivity contribution in [1.29, 1.82) is 0 Å². The van der Waals surface area contributed by atoms with E-state index in [2.05, 4.69) is 0 Å². The first kappa shape index (κ1) is 18.9. The molecule has 2 rings (SSSR count). The van der Waals surface area contributed by atoms with Crippen molar-refractivity contribution in [3.8, 4) is 0 Å². The summed E-state index contributed by atoms with van der Waals surface area (Å²) in [5.74, 6) is -0.455. The predicted molar refractivity (Wildman–Crippen MR) is 83.0 cm³/mol. The molecule has 5 nitrogen and oxygen atoms in total. The molecule has 1 fully saturated rings. The van der Waals surface area contributed by atoms with Crippen LogP contribution in [0.15, 0.2) is 18.2 Å². The molecule has 1 amide bonds. The maximum absolute atomic E-state index is 13.0. The number of nitrogens with zero attached hydrogens (tertiary/aromatic N) is 1.